The van der Waals surface area contributed by atoms with Crippen molar-refractivity contribution in [1.82, 2.24) is 15.7 Å². The van der Waals surface area contributed by atoms with E-state index in [1.54, 1.807) is 6.92 Å². The van der Waals surface area contributed by atoms with Gasteiger partial charge in [0.2, 0.25) is 5.95 Å². The molecular weight excluding hydrogens is 118 g/mol. The predicted octanol–water partition coefficient (Wildman–Crippen LogP) is -0.00728. The number of nitrogens with zero attached hydrogens (tertiary/aromatic N) is 1. The van der Waals surface area contributed by atoms with E-state index < -0.39 is 0 Å². The second kappa shape index (κ2) is 1.89. The topological polar surface area (TPSA) is 69.5 Å². The highest BCUT2D eigenvalue weighted by atomic mass is 16.1. The number of aryl methyl sites for hydroxylation is 1. The molecule has 1 rings (SSSR count). The Hall–Kier alpha value is -1.32. The van der Waals surface area contributed by atoms with Crippen LogP contribution >= 0.6 is 0 Å². The van der Waals surface area contributed by atoms with Gasteiger partial charge >= 0.3 is 0 Å². The summed E-state index contributed by atoms with van der Waals surface area (Å²) in [5, 5.41) is 0. The van der Waals surface area contributed by atoms with E-state index in [1.807, 2.05) is 0 Å². The van der Waals surface area contributed by atoms with Crippen molar-refractivity contribution in [2.45, 2.75) is 6.92 Å². The van der Waals surface area contributed by atoms with E-state index in [1.165, 1.54) is 6.07 Å². The average molecular weight is 124 g/mol. The monoisotopic (exact) mass is 124 g/mol. The van der Waals surface area contributed by atoms with E-state index in [2.05, 4.69) is 9.97 Å². The number of aromatic nitrogens is 2. The third kappa shape index (κ3) is 1.28. The minimum Gasteiger partial charge on any atom is -0.291 e. The fourth-order valence-corrected chi connectivity index (χ4v) is 0.579. The van der Waals surface area contributed by atoms with Crippen LogP contribution in [0.4, 0.5) is 5.95 Å². The van der Waals surface area contributed by atoms with Crippen molar-refractivity contribution in [1.29, 1.82) is 0 Å². The van der Waals surface area contributed by atoms with Crippen LogP contribution in [0.2, 0.25) is 0 Å². The van der Waals surface area contributed by atoms with Crippen LogP contribution in [0.5, 0.6) is 0 Å². The second-order valence-electron chi connectivity index (χ2n) is 1.74. The molecule has 47 valence electrons. The molecule has 0 aliphatic heterocycles. The summed E-state index contributed by atoms with van der Waals surface area (Å²) in [5.74, 6) is -0.0833. The number of nitrogens with one attached hydrogen (secondary N) is 2. The van der Waals surface area contributed by atoms with E-state index >= 15 is 0 Å². The molecule has 0 aliphatic rings. The van der Waals surface area contributed by atoms with Gasteiger partial charge in [0.25, 0.3) is 5.56 Å². The Morgan fingerprint density at radius 2 is 2.44 bits per heavy atom. The second-order valence-corrected chi connectivity index (χ2v) is 1.74. The lowest BCUT2D eigenvalue weighted by atomic mass is 10.5. The molecule has 0 saturated heterocycles. The van der Waals surface area contributed by atoms with E-state index in [9.17, 15) is 4.79 Å². The van der Waals surface area contributed by atoms with Gasteiger partial charge in [0, 0.05) is 11.8 Å². The Morgan fingerprint density at radius 3 is 2.89 bits per heavy atom. The number of rotatable bonds is 0. The molecule has 1 heterocycles. The molecule has 0 spiro atoms. The first-order valence-electron chi connectivity index (χ1n) is 2.48. The van der Waals surface area contributed by atoms with Crippen LogP contribution in [0.25, 0.3) is 0 Å². The molecule has 0 bridgehead atoms. The molecule has 0 aliphatic carbocycles. The van der Waals surface area contributed by atoms with Crippen LogP contribution in [0.1, 0.15) is 5.69 Å². The maximum atomic E-state index is 10.5. The Bertz CT molecular complexity index is 242. The minimum absolute atomic E-state index is 0.0833. The number of aromatic amines is 1. The zero-order chi connectivity index (χ0) is 6.85. The quantitative estimate of drug-likeness (QED) is 0.528. The van der Waals surface area contributed by atoms with Gasteiger partial charge < -0.3 is 0 Å². The predicted molar refractivity (Wildman–Crippen MR) is 32.4 cm³/mol. The molecule has 0 atom stereocenters. The van der Waals surface area contributed by atoms with Crippen LogP contribution in [0.15, 0.2) is 10.9 Å². The van der Waals surface area contributed by atoms with Gasteiger partial charge in [-0.2, -0.15) is 0 Å². The highest BCUT2D eigenvalue weighted by Gasteiger charge is 1.89. The molecule has 0 aromatic carbocycles. The van der Waals surface area contributed by atoms with Crippen molar-refractivity contribution in [2.75, 3.05) is 0 Å². The Morgan fingerprint density at radius 1 is 1.78 bits per heavy atom. The van der Waals surface area contributed by atoms with Crippen LogP contribution in [-0.4, -0.2) is 9.97 Å². The van der Waals surface area contributed by atoms with Gasteiger partial charge in [-0.3, -0.25) is 15.5 Å². The lowest BCUT2D eigenvalue weighted by molar-refractivity contribution is 1.04. The minimum atomic E-state index is -0.271. The van der Waals surface area contributed by atoms with E-state index in [4.69, 9.17) is 5.73 Å². The summed E-state index contributed by atoms with van der Waals surface area (Å²) >= 11 is 0. The lowest BCUT2D eigenvalue weighted by Gasteiger charge is -1.89. The number of hydrogen-bond acceptors (Lipinski definition) is 2. The average Bonchev–Trinajstić information content (AvgIpc) is 1.59. The van der Waals surface area contributed by atoms with Crippen molar-refractivity contribution < 1.29 is 0 Å². The molecular formula is C5H6N3O. The normalized spacial score (nSPS) is 9.44. The summed E-state index contributed by atoms with van der Waals surface area (Å²) in [6, 6.07) is 1.35. The van der Waals surface area contributed by atoms with Gasteiger partial charge in [-0.25, -0.2) is 4.98 Å². The zero-order valence-corrected chi connectivity index (χ0v) is 4.93. The van der Waals surface area contributed by atoms with Crippen molar-refractivity contribution in [3.05, 3.63) is 22.1 Å². The van der Waals surface area contributed by atoms with Crippen LogP contribution in [-0.2, 0) is 0 Å². The molecule has 9 heavy (non-hydrogen) atoms. The van der Waals surface area contributed by atoms with E-state index in [0.717, 1.165) is 0 Å². The first kappa shape index (κ1) is 5.81. The molecule has 0 amide bonds. The maximum absolute atomic E-state index is 10.5. The maximum Gasteiger partial charge on any atom is 0.252 e. The SMILES string of the molecule is Cc1cc(=O)[nH]c([NH])n1. The summed E-state index contributed by atoms with van der Waals surface area (Å²) in [7, 11) is 0. The van der Waals surface area contributed by atoms with Gasteiger partial charge in [0.1, 0.15) is 0 Å². The summed E-state index contributed by atoms with van der Waals surface area (Å²) in [6.45, 7) is 1.67. The molecule has 0 fully saturated rings. The molecule has 0 saturated carbocycles. The highest BCUT2D eigenvalue weighted by molar-refractivity contribution is 5.11. The largest absolute Gasteiger partial charge is 0.291 e. The summed E-state index contributed by atoms with van der Waals surface area (Å²) < 4.78 is 0. The molecule has 1 radical (unpaired) electrons. The van der Waals surface area contributed by atoms with Crippen molar-refractivity contribution >= 4 is 5.95 Å². The fraction of sp³-hybridized carbons (Fsp3) is 0.200. The molecule has 0 unspecified atom stereocenters. The lowest BCUT2D eigenvalue weighted by Crippen LogP contribution is -2.06. The van der Waals surface area contributed by atoms with Crippen LogP contribution in [0, 0.1) is 6.92 Å². The zero-order valence-electron chi connectivity index (χ0n) is 4.93. The number of hydrogen-bond donors (Lipinski definition) is 1. The van der Waals surface area contributed by atoms with Gasteiger partial charge in [-0.15, -0.1) is 0 Å². The van der Waals surface area contributed by atoms with Gasteiger partial charge in [-0.05, 0) is 6.92 Å². The summed E-state index contributed by atoms with van der Waals surface area (Å²) in [6.07, 6.45) is 0. The molecule has 2 N–H and O–H groups in total. The van der Waals surface area contributed by atoms with Crippen LogP contribution in [0.3, 0.4) is 0 Å². The van der Waals surface area contributed by atoms with Gasteiger partial charge in [0.05, 0.1) is 0 Å². The third-order valence-corrected chi connectivity index (χ3v) is 0.870. The summed E-state index contributed by atoms with van der Waals surface area (Å²) in [4.78, 5) is 16.4. The third-order valence-electron chi connectivity index (χ3n) is 0.870. The molecule has 1 aromatic rings. The van der Waals surface area contributed by atoms with Gasteiger partial charge in [0.15, 0.2) is 0 Å². The molecule has 1 aromatic heterocycles. The first-order valence-corrected chi connectivity index (χ1v) is 2.48. The Kier molecular flexibility index (Phi) is 1.22. The molecule has 4 heteroatoms. The van der Waals surface area contributed by atoms with Crippen molar-refractivity contribution in [3.63, 3.8) is 0 Å². The Labute approximate surface area is 51.7 Å². The van der Waals surface area contributed by atoms with Crippen molar-refractivity contribution in [3.8, 4) is 0 Å². The number of H-pyrrole nitrogens is 1. The standard InChI is InChI=1S/C5H6N3O/c1-3-2-4(9)8-5(6)7-3/h2,6H,1H3,(H,7,8,9). The fourth-order valence-electron chi connectivity index (χ4n) is 0.579. The molecule has 4 nitrogen and oxygen atoms in total. The highest BCUT2D eigenvalue weighted by Crippen LogP contribution is 1.88. The van der Waals surface area contributed by atoms with E-state index in [0.29, 0.717) is 5.69 Å². The van der Waals surface area contributed by atoms with Crippen molar-refractivity contribution in [2.24, 2.45) is 0 Å². The first-order chi connectivity index (χ1) is 4.18. The van der Waals surface area contributed by atoms with Crippen LogP contribution < -0.4 is 11.3 Å². The van der Waals surface area contributed by atoms with Gasteiger partial charge in [-0.1, -0.05) is 0 Å². The smallest absolute Gasteiger partial charge is 0.252 e. The Balaban J connectivity index is 3.33. The summed E-state index contributed by atoms with van der Waals surface area (Å²) in [5.41, 5.74) is 7.21. The van der Waals surface area contributed by atoms with E-state index in [-0.39, 0.29) is 11.5 Å².